The molecule has 0 saturated heterocycles. The van der Waals surface area contributed by atoms with Crippen LogP contribution in [0.25, 0.3) is 0 Å². The van der Waals surface area contributed by atoms with Gasteiger partial charge in [0.1, 0.15) is 0 Å². The van der Waals surface area contributed by atoms with Crippen molar-refractivity contribution >= 4 is 14.0 Å². The first-order valence-corrected chi connectivity index (χ1v) is 2.15. The Morgan fingerprint density at radius 1 is 1.86 bits per heavy atom. The normalized spacial score (nSPS) is 6.29. The van der Waals surface area contributed by atoms with Crippen molar-refractivity contribution in [2.75, 3.05) is 0 Å². The molecule has 0 aliphatic carbocycles. The van der Waals surface area contributed by atoms with Crippen LogP contribution in [0.2, 0.25) is 0 Å². The van der Waals surface area contributed by atoms with Crippen LogP contribution in [0.15, 0.2) is 0 Å². The van der Waals surface area contributed by atoms with E-state index in [2.05, 4.69) is 0 Å². The van der Waals surface area contributed by atoms with Gasteiger partial charge in [-0.3, -0.25) is 0 Å². The van der Waals surface area contributed by atoms with Gasteiger partial charge in [-0.25, -0.2) is 0 Å². The summed E-state index contributed by atoms with van der Waals surface area (Å²) in [6.07, 6.45) is -1.26. The van der Waals surface area contributed by atoms with E-state index < -0.39 is 14.0 Å². The molecule has 2 N–H and O–H groups in total. The van der Waals surface area contributed by atoms with E-state index >= 15 is 0 Å². The predicted octanol–water partition coefficient (Wildman–Crippen LogP) is 0.462. The molecule has 0 fully saturated rings. The Morgan fingerprint density at radius 2 is 2.43 bits per heavy atom. The number of hydrogen-bond acceptors (Lipinski definition) is 2. The molecular formula is C2H2NO3P. The Kier molecular flexibility index (Phi) is 3.11. The molecule has 7 heavy (non-hydrogen) atoms. The van der Waals surface area contributed by atoms with Crippen molar-refractivity contribution in [3.8, 4) is 5.75 Å². The van der Waals surface area contributed by atoms with Crippen molar-refractivity contribution in [1.29, 1.82) is 0 Å². The van der Waals surface area contributed by atoms with Crippen molar-refractivity contribution in [3.05, 3.63) is 0 Å². The van der Waals surface area contributed by atoms with Crippen LogP contribution in [0.4, 0.5) is 4.79 Å². The van der Waals surface area contributed by atoms with Crippen LogP contribution in [0, 0.1) is 5.75 Å². The van der Waals surface area contributed by atoms with Gasteiger partial charge < -0.3 is 0 Å². The molecule has 0 aliphatic rings. The number of amides is 1. The van der Waals surface area contributed by atoms with Crippen LogP contribution in [-0.2, 0) is 4.57 Å². The zero-order valence-corrected chi connectivity index (χ0v) is 4.11. The molecule has 0 saturated carbocycles. The quantitative estimate of drug-likeness (QED) is 0.359. The first-order chi connectivity index (χ1) is 3.27. The van der Waals surface area contributed by atoms with Gasteiger partial charge in [-0.1, -0.05) is 0 Å². The second-order valence-electron chi connectivity index (χ2n) is 0.633. The predicted molar refractivity (Wildman–Crippen MR) is 22.7 cm³/mol. The molecule has 38 valence electrons. The molecule has 0 atom stereocenters. The number of carboxylic acid groups (broad SMARTS) is 1. The molecule has 0 unspecified atom stereocenters. The first-order valence-electron chi connectivity index (χ1n) is 1.33. The summed E-state index contributed by atoms with van der Waals surface area (Å²) < 4.78 is 9.37. The van der Waals surface area contributed by atoms with Gasteiger partial charge >= 0.3 is 39.5 Å². The zero-order valence-electron chi connectivity index (χ0n) is 3.21. The topological polar surface area (TPSA) is 66.4 Å². The Morgan fingerprint density at radius 3 is 2.57 bits per heavy atom. The molecule has 4 nitrogen and oxygen atoms in total. The zero-order chi connectivity index (χ0) is 5.70. The van der Waals surface area contributed by atoms with Gasteiger partial charge in [-0.2, -0.15) is 0 Å². The summed E-state index contributed by atoms with van der Waals surface area (Å²) in [5, 5.41) is 9.36. The number of nitrogens with one attached hydrogen (secondary N) is 1. The van der Waals surface area contributed by atoms with Gasteiger partial charge in [0, 0.05) is 0 Å². The van der Waals surface area contributed by atoms with E-state index in [9.17, 15) is 9.36 Å². The summed E-state index contributed by atoms with van der Waals surface area (Å²) in [5.74, 6) is 1.81. The third kappa shape index (κ3) is 5.28. The average Bonchev–Trinajstić information content (AvgIpc) is 1.61. The standard InChI is InChI=1S/C2H2NO3P/c4-2(5)3-1-7-6/h3H,(H,4,5). The first kappa shape index (κ1) is 6.28. The van der Waals surface area contributed by atoms with Crippen LogP contribution < -0.4 is 5.32 Å². The Hall–Kier alpha value is -0.720. The minimum atomic E-state index is -1.26. The number of hydrogen-bond donors (Lipinski definition) is 2. The van der Waals surface area contributed by atoms with E-state index in [1.165, 1.54) is 0 Å². The summed E-state index contributed by atoms with van der Waals surface area (Å²) in [6, 6.07) is 0. The molecule has 0 aromatic carbocycles. The van der Waals surface area contributed by atoms with Crippen LogP contribution in [0.3, 0.4) is 0 Å². The van der Waals surface area contributed by atoms with Gasteiger partial charge in [0.25, 0.3) is 0 Å². The molecule has 0 heterocycles. The molecule has 5 heteroatoms. The van der Waals surface area contributed by atoms with Crippen molar-refractivity contribution in [3.63, 3.8) is 0 Å². The third-order valence-electron chi connectivity index (χ3n) is 0.208. The Labute approximate surface area is 40.6 Å². The summed E-state index contributed by atoms with van der Waals surface area (Å²) in [6.45, 7) is 0. The van der Waals surface area contributed by atoms with Gasteiger partial charge in [0.2, 0.25) is 0 Å². The number of rotatable bonds is 0. The SMILES string of the molecule is O=P#CNC(=O)O. The molecule has 0 radical (unpaired) electrons. The molecule has 1 amide bonds. The number of carbonyl (C=O) groups is 1. The monoisotopic (exact) mass is 119 g/mol. The fourth-order valence-electron chi connectivity index (χ4n) is 0.0706. The fourth-order valence-corrected chi connectivity index (χ4v) is 0.212. The van der Waals surface area contributed by atoms with E-state index in [1.54, 1.807) is 5.32 Å². The summed E-state index contributed by atoms with van der Waals surface area (Å²) in [5.41, 5.74) is 0. The summed E-state index contributed by atoms with van der Waals surface area (Å²) >= 11 is 0. The summed E-state index contributed by atoms with van der Waals surface area (Å²) in [7, 11) is -0.452. The molecule has 0 aromatic rings. The van der Waals surface area contributed by atoms with Crippen LogP contribution in [0.1, 0.15) is 0 Å². The van der Waals surface area contributed by atoms with Crippen LogP contribution >= 0.6 is 7.92 Å². The molecule has 0 spiro atoms. The molecular weight excluding hydrogens is 117 g/mol. The van der Waals surface area contributed by atoms with Crippen LogP contribution in [-0.4, -0.2) is 11.2 Å². The molecule has 0 rings (SSSR count). The van der Waals surface area contributed by atoms with E-state index in [4.69, 9.17) is 5.11 Å². The van der Waals surface area contributed by atoms with Crippen molar-refractivity contribution < 1.29 is 14.5 Å². The third-order valence-corrected chi connectivity index (χ3v) is 0.412. The van der Waals surface area contributed by atoms with Gasteiger partial charge in [-0.05, 0) is 0 Å². The molecule has 0 aliphatic heterocycles. The van der Waals surface area contributed by atoms with Crippen molar-refractivity contribution in [2.45, 2.75) is 0 Å². The van der Waals surface area contributed by atoms with E-state index in [-0.39, 0.29) is 0 Å². The minimum absolute atomic E-state index is 0.452. The maximum absolute atomic E-state index is 9.44. The second kappa shape index (κ2) is 3.47. The van der Waals surface area contributed by atoms with Gasteiger partial charge in [0.05, 0.1) is 0 Å². The van der Waals surface area contributed by atoms with E-state index in [0.717, 1.165) is 0 Å². The maximum atomic E-state index is 9.44. The van der Waals surface area contributed by atoms with E-state index in [0.29, 0.717) is 0 Å². The Balaban J connectivity index is 3.47. The molecule has 0 aromatic heterocycles. The van der Waals surface area contributed by atoms with Crippen LogP contribution in [0.5, 0.6) is 0 Å². The Bertz CT molecular complexity index is 157. The van der Waals surface area contributed by atoms with E-state index in [1.807, 2.05) is 5.75 Å². The second-order valence-corrected chi connectivity index (χ2v) is 1.04. The van der Waals surface area contributed by atoms with Gasteiger partial charge in [0.15, 0.2) is 0 Å². The van der Waals surface area contributed by atoms with Crippen molar-refractivity contribution in [2.24, 2.45) is 0 Å². The summed E-state index contributed by atoms with van der Waals surface area (Å²) in [4.78, 5) is 9.44. The average molecular weight is 119 g/mol. The molecule has 0 bridgehead atoms. The van der Waals surface area contributed by atoms with Crippen molar-refractivity contribution in [1.82, 2.24) is 5.32 Å². The fraction of sp³-hybridized carbons (Fsp3) is 0. The van der Waals surface area contributed by atoms with Gasteiger partial charge in [-0.15, -0.1) is 0 Å².